The third-order valence-electron chi connectivity index (χ3n) is 5.18. The Bertz CT molecular complexity index is 1090. The van der Waals surface area contributed by atoms with Crippen molar-refractivity contribution in [3.8, 4) is 0 Å². The summed E-state index contributed by atoms with van der Waals surface area (Å²) in [6, 6.07) is 11.5. The van der Waals surface area contributed by atoms with Gasteiger partial charge in [0.25, 0.3) is 21.8 Å². The van der Waals surface area contributed by atoms with Gasteiger partial charge in [-0.15, -0.1) is 0 Å². The lowest BCUT2D eigenvalue weighted by atomic mass is 10.0. The van der Waals surface area contributed by atoms with Crippen LogP contribution in [0.2, 0.25) is 0 Å². The maximum absolute atomic E-state index is 12.8. The van der Waals surface area contributed by atoms with Gasteiger partial charge in [-0.3, -0.25) is 9.59 Å². The molecule has 8 heteroatoms. The second-order valence-corrected chi connectivity index (χ2v) is 10.2. The summed E-state index contributed by atoms with van der Waals surface area (Å²) in [4.78, 5) is 25.2. The lowest BCUT2D eigenvalue weighted by Crippen LogP contribution is -2.36. The molecule has 2 amide bonds. The van der Waals surface area contributed by atoms with Crippen LogP contribution in [0.5, 0.6) is 0 Å². The van der Waals surface area contributed by atoms with E-state index in [2.05, 4.69) is 21.2 Å². The molecule has 2 aromatic rings. The van der Waals surface area contributed by atoms with Crippen LogP contribution in [-0.2, 0) is 15.6 Å². The van der Waals surface area contributed by atoms with E-state index in [4.69, 9.17) is 0 Å². The van der Waals surface area contributed by atoms with E-state index in [0.29, 0.717) is 0 Å². The summed E-state index contributed by atoms with van der Waals surface area (Å²) in [7, 11) is -3.94. The molecule has 1 fully saturated rings. The van der Waals surface area contributed by atoms with Crippen LogP contribution in [0.25, 0.3) is 0 Å². The predicted octanol–water partition coefficient (Wildman–Crippen LogP) is 3.42. The molecule has 1 heterocycles. The molecule has 0 atom stereocenters. The van der Waals surface area contributed by atoms with Crippen LogP contribution in [0, 0.1) is 0 Å². The van der Waals surface area contributed by atoms with E-state index in [1.165, 1.54) is 18.2 Å². The minimum absolute atomic E-state index is 0.104. The molecule has 146 valence electrons. The van der Waals surface area contributed by atoms with Crippen LogP contribution in [0.4, 0.5) is 0 Å². The highest BCUT2D eigenvalue weighted by atomic mass is 79.9. The van der Waals surface area contributed by atoms with Gasteiger partial charge in [0.2, 0.25) is 0 Å². The first-order valence-corrected chi connectivity index (χ1v) is 11.2. The van der Waals surface area contributed by atoms with E-state index >= 15 is 0 Å². The Hall–Kier alpha value is -2.19. The van der Waals surface area contributed by atoms with Gasteiger partial charge in [0.1, 0.15) is 4.90 Å². The highest BCUT2D eigenvalue weighted by Crippen LogP contribution is 2.46. The number of benzene rings is 2. The van der Waals surface area contributed by atoms with Gasteiger partial charge in [-0.2, -0.15) is 0 Å². The topological polar surface area (TPSA) is 83.6 Å². The van der Waals surface area contributed by atoms with Crippen LogP contribution in [0.3, 0.4) is 0 Å². The third kappa shape index (κ3) is 2.95. The summed E-state index contributed by atoms with van der Waals surface area (Å²) in [5.41, 5.74) is 0.928. The Labute approximate surface area is 172 Å². The summed E-state index contributed by atoms with van der Waals surface area (Å²) in [5, 5.41) is 3.04. The second-order valence-electron chi connectivity index (χ2n) is 7.45. The highest BCUT2D eigenvalue weighted by Gasteiger charge is 2.46. The molecule has 2 aliphatic rings. The number of hydrogen-bond donors (Lipinski definition) is 1. The number of carbonyl (C=O) groups excluding carboxylic acids is 2. The van der Waals surface area contributed by atoms with Gasteiger partial charge in [-0.05, 0) is 62.6 Å². The Kier molecular flexibility index (Phi) is 4.39. The lowest BCUT2D eigenvalue weighted by Gasteiger charge is -2.19. The fourth-order valence-electron chi connectivity index (χ4n) is 3.57. The van der Waals surface area contributed by atoms with Gasteiger partial charge in [0, 0.05) is 16.1 Å². The molecule has 28 heavy (non-hydrogen) atoms. The molecule has 0 radical (unpaired) electrons. The predicted molar refractivity (Wildman–Crippen MR) is 107 cm³/mol. The van der Waals surface area contributed by atoms with Crippen molar-refractivity contribution in [1.82, 2.24) is 9.62 Å². The number of fused-ring (bicyclic) bond motifs is 1. The van der Waals surface area contributed by atoms with Crippen LogP contribution >= 0.6 is 15.9 Å². The first kappa shape index (κ1) is 19.1. The number of carbonyl (C=O) groups is 2. The highest BCUT2D eigenvalue weighted by molar-refractivity contribution is 9.10. The first-order valence-electron chi connectivity index (χ1n) is 8.97. The smallest absolute Gasteiger partial charge is 0.269 e. The van der Waals surface area contributed by atoms with E-state index in [0.717, 1.165) is 27.2 Å². The molecule has 1 aliphatic heterocycles. The van der Waals surface area contributed by atoms with Crippen LogP contribution in [-0.4, -0.2) is 30.6 Å². The molecule has 0 saturated heterocycles. The zero-order valence-corrected chi connectivity index (χ0v) is 17.8. The number of sulfonamides is 1. The van der Waals surface area contributed by atoms with Crippen molar-refractivity contribution in [2.24, 2.45) is 0 Å². The molecule has 0 aromatic heterocycles. The largest absolute Gasteiger partial charge is 0.343 e. The second kappa shape index (κ2) is 6.42. The molecular formula is C20H19BrN2O4S. The van der Waals surface area contributed by atoms with Crippen LogP contribution in [0.15, 0.2) is 51.8 Å². The summed E-state index contributed by atoms with van der Waals surface area (Å²) < 4.78 is 27.3. The number of amides is 2. The molecular weight excluding hydrogens is 444 g/mol. The average molecular weight is 463 g/mol. The summed E-state index contributed by atoms with van der Waals surface area (Å²) in [6.45, 7) is 3.29. The number of hydrogen-bond acceptors (Lipinski definition) is 4. The zero-order valence-electron chi connectivity index (χ0n) is 15.4. The van der Waals surface area contributed by atoms with E-state index in [9.17, 15) is 18.0 Å². The standard InChI is InChI=1S/C20H19BrN2O4S/c1-12(2)23-19(25)16-8-3-13(11-17(16)28(23,26)27)18(24)22-20(9-10-20)14-4-6-15(21)7-5-14/h3-8,11-12H,9-10H2,1-2H3,(H,22,24). The van der Waals surface area contributed by atoms with Gasteiger partial charge in [-0.1, -0.05) is 28.1 Å². The van der Waals surface area contributed by atoms with Gasteiger partial charge in [0.05, 0.1) is 11.1 Å². The van der Waals surface area contributed by atoms with Crippen LogP contribution in [0.1, 0.15) is 53.0 Å². The molecule has 0 bridgehead atoms. The molecule has 1 saturated carbocycles. The SMILES string of the molecule is CC(C)N1C(=O)c2ccc(C(=O)NC3(c4ccc(Br)cc4)CC3)cc2S1(=O)=O. The van der Waals surface area contributed by atoms with Gasteiger partial charge in [0.15, 0.2) is 0 Å². The molecule has 0 spiro atoms. The zero-order chi connectivity index (χ0) is 20.3. The Balaban J connectivity index is 1.64. The van der Waals surface area contributed by atoms with Crippen molar-refractivity contribution in [3.05, 3.63) is 63.6 Å². The van der Waals surface area contributed by atoms with Crippen molar-refractivity contribution in [2.75, 3.05) is 0 Å². The van der Waals surface area contributed by atoms with Crippen molar-refractivity contribution in [1.29, 1.82) is 0 Å². The Morgan fingerprint density at radius 1 is 1.14 bits per heavy atom. The molecule has 6 nitrogen and oxygen atoms in total. The molecule has 1 aliphatic carbocycles. The molecule has 2 aromatic carbocycles. The summed E-state index contributed by atoms with van der Waals surface area (Å²) in [6.07, 6.45) is 1.65. The van der Waals surface area contributed by atoms with Crippen molar-refractivity contribution >= 4 is 37.8 Å². The minimum Gasteiger partial charge on any atom is -0.343 e. The van der Waals surface area contributed by atoms with E-state index in [1.54, 1.807) is 13.8 Å². The summed E-state index contributed by atoms with van der Waals surface area (Å²) >= 11 is 3.40. The Morgan fingerprint density at radius 2 is 1.79 bits per heavy atom. The van der Waals surface area contributed by atoms with E-state index in [-0.39, 0.29) is 21.9 Å². The van der Waals surface area contributed by atoms with Gasteiger partial charge >= 0.3 is 0 Å². The van der Waals surface area contributed by atoms with Crippen molar-refractivity contribution in [3.63, 3.8) is 0 Å². The average Bonchev–Trinajstić information content (AvgIpc) is 3.37. The third-order valence-corrected chi connectivity index (χ3v) is 7.71. The normalized spacial score (nSPS) is 18.9. The van der Waals surface area contributed by atoms with Crippen molar-refractivity contribution < 1.29 is 18.0 Å². The number of nitrogens with one attached hydrogen (secondary N) is 1. The van der Waals surface area contributed by atoms with E-state index in [1.807, 2.05) is 24.3 Å². The van der Waals surface area contributed by atoms with E-state index < -0.39 is 27.5 Å². The maximum Gasteiger partial charge on any atom is 0.269 e. The molecule has 1 N–H and O–H groups in total. The number of halogens is 1. The van der Waals surface area contributed by atoms with Crippen molar-refractivity contribution in [2.45, 2.75) is 43.2 Å². The monoisotopic (exact) mass is 462 g/mol. The fraction of sp³-hybridized carbons (Fsp3) is 0.300. The minimum atomic E-state index is -3.94. The fourth-order valence-corrected chi connectivity index (χ4v) is 5.63. The Morgan fingerprint density at radius 3 is 2.36 bits per heavy atom. The number of nitrogens with zero attached hydrogens (tertiary/aromatic N) is 1. The molecule has 4 rings (SSSR count). The molecule has 0 unspecified atom stereocenters. The van der Waals surface area contributed by atoms with Crippen LogP contribution < -0.4 is 5.32 Å². The lowest BCUT2D eigenvalue weighted by molar-refractivity contribution is 0.0845. The quantitative estimate of drug-likeness (QED) is 0.754. The maximum atomic E-state index is 12.8. The van der Waals surface area contributed by atoms with Gasteiger partial charge in [-0.25, -0.2) is 12.7 Å². The van der Waals surface area contributed by atoms with Gasteiger partial charge < -0.3 is 5.32 Å². The first-order chi connectivity index (χ1) is 13.2. The number of rotatable bonds is 4. The summed E-state index contributed by atoms with van der Waals surface area (Å²) in [5.74, 6) is -0.903.